The molecule has 0 bridgehead atoms. The fourth-order valence-corrected chi connectivity index (χ4v) is 4.67. The number of hydrogen-bond donors (Lipinski definition) is 1. The van der Waals surface area contributed by atoms with Gasteiger partial charge in [0, 0.05) is 29.6 Å². The molecule has 1 atom stereocenters. The van der Waals surface area contributed by atoms with Crippen LogP contribution >= 0.6 is 11.8 Å². The van der Waals surface area contributed by atoms with Gasteiger partial charge < -0.3 is 24.4 Å². The Hall–Kier alpha value is -2.96. The summed E-state index contributed by atoms with van der Waals surface area (Å²) in [6.07, 6.45) is -10.1. The van der Waals surface area contributed by atoms with Crippen molar-refractivity contribution in [2.45, 2.75) is 17.7 Å². The maximum atomic E-state index is 13.1. The van der Waals surface area contributed by atoms with Crippen molar-refractivity contribution in [2.75, 3.05) is 38.9 Å². The molecule has 6 nitrogen and oxygen atoms in total. The smallest absolute Gasteiger partial charge is 0.416 e. The molecule has 1 fully saturated rings. The number of alkyl halides is 6. The van der Waals surface area contributed by atoms with E-state index in [0.29, 0.717) is 40.7 Å². The van der Waals surface area contributed by atoms with E-state index in [1.165, 1.54) is 38.0 Å². The molecule has 2 aromatic carbocycles. The summed E-state index contributed by atoms with van der Waals surface area (Å²) in [5.41, 5.74) is -3.14. The van der Waals surface area contributed by atoms with E-state index >= 15 is 0 Å². The number of thioether (sulfide) groups is 1. The van der Waals surface area contributed by atoms with Crippen LogP contribution in [-0.2, 0) is 12.4 Å². The van der Waals surface area contributed by atoms with Crippen LogP contribution in [0.1, 0.15) is 22.1 Å². The lowest BCUT2D eigenvalue weighted by atomic mass is 10.1. The van der Waals surface area contributed by atoms with Gasteiger partial charge in [0.2, 0.25) is 0 Å². The van der Waals surface area contributed by atoms with Crippen molar-refractivity contribution >= 4 is 23.5 Å². The Kier molecular flexibility index (Phi) is 7.34. The molecule has 0 saturated carbocycles. The number of amides is 2. The number of hydrogen-bond acceptors (Lipinski definition) is 5. The maximum Gasteiger partial charge on any atom is 0.416 e. The summed E-state index contributed by atoms with van der Waals surface area (Å²) in [6, 6.07) is 3.22. The van der Waals surface area contributed by atoms with E-state index in [9.17, 15) is 31.1 Å². The molecule has 34 heavy (non-hydrogen) atoms. The fourth-order valence-electron chi connectivity index (χ4n) is 3.40. The van der Waals surface area contributed by atoms with Crippen molar-refractivity contribution in [3.8, 4) is 17.2 Å². The van der Waals surface area contributed by atoms with Gasteiger partial charge in [-0.15, -0.1) is 11.8 Å². The molecule has 13 heteroatoms. The lowest BCUT2D eigenvalue weighted by molar-refractivity contribution is -0.143. The third-order valence-corrected chi connectivity index (χ3v) is 6.24. The minimum atomic E-state index is -5.03. The van der Waals surface area contributed by atoms with E-state index < -0.39 is 40.6 Å². The van der Waals surface area contributed by atoms with Gasteiger partial charge in [0.05, 0.1) is 32.5 Å². The van der Waals surface area contributed by atoms with Gasteiger partial charge in [-0.05, 0) is 24.3 Å². The number of carbonyl (C=O) groups excluding carboxylic acids is 1. The first-order valence-corrected chi connectivity index (χ1v) is 10.7. The van der Waals surface area contributed by atoms with Crippen LogP contribution in [0.15, 0.2) is 30.3 Å². The molecule has 1 N–H and O–H groups in total. The van der Waals surface area contributed by atoms with Crippen LogP contribution < -0.4 is 19.5 Å². The molecule has 186 valence electrons. The minimum absolute atomic E-state index is 0.00133. The molecule has 1 aliphatic rings. The predicted molar refractivity (Wildman–Crippen MR) is 113 cm³/mol. The Balaban J connectivity index is 1.94. The minimum Gasteiger partial charge on any atom is -0.496 e. The van der Waals surface area contributed by atoms with Gasteiger partial charge in [0.25, 0.3) is 0 Å². The van der Waals surface area contributed by atoms with E-state index in [0.717, 1.165) is 0 Å². The zero-order chi connectivity index (χ0) is 25.3. The van der Waals surface area contributed by atoms with Crippen molar-refractivity contribution in [1.82, 2.24) is 4.90 Å². The predicted octanol–water partition coefficient (Wildman–Crippen LogP) is 6.03. The molecule has 1 heterocycles. The van der Waals surface area contributed by atoms with Gasteiger partial charge in [0.15, 0.2) is 11.5 Å². The molecular formula is C21H20F6N2O4S. The molecule has 1 saturated heterocycles. The monoisotopic (exact) mass is 510 g/mol. The van der Waals surface area contributed by atoms with Crippen molar-refractivity contribution < 1.29 is 45.3 Å². The second-order valence-corrected chi connectivity index (χ2v) is 8.28. The Morgan fingerprint density at radius 1 is 0.882 bits per heavy atom. The lowest BCUT2D eigenvalue weighted by Crippen LogP contribution is -2.34. The van der Waals surface area contributed by atoms with Gasteiger partial charge >= 0.3 is 18.4 Å². The molecular weight excluding hydrogens is 490 g/mol. The molecule has 0 aliphatic carbocycles. The van der Waals surface area contributed by atoms with E-state index in [2.05, 4.69) is 5.32 Å². The SMILES string of the molecule is COc1cc(OC)c(C2SCCN2C(=O)Nc2cc(C(F)(F)F)cc(C(F)(F)F)c2)cc1OC. The molecule has 2 aromatic rings. The van der Waals surface area contributed by atoms with Gasteiger partial charge in [-0.3, -0.25) is 0 Å². The number of ether oxygens (including phenoxy) is 3. The highest BCUT2D eigenvalue weighted by molar-refractivity contribution is 7.99. The third-order valence-electron chi connectivity index (χ3n) is 4.99. The number of benzene rings is 2. The highest BCUT2D eigenvalue weighted by Gasteiger charge is 2.38. The summed E-state index contributed by atoms with van der Waals surface area (Å²) >= 11 is 1.35. The van der Waals surface area contributed by atoms with Crippen LogP contribution in [0.25, 0.3) is 0 Å². The second kappa shape index (κ2) is 9.72. The van der Waals surface area contributed by atoms with E-state index in [4.69, 9.17) is 14.2 Å². The fraction of sp³-hybridized carbons (Fsp3) is 0.381. The standard InChI is InChI=1S/C21H20F6N2O4S/c1-31-15-10-17(33-3)16(32-2)9-14(15)18-29(4-5-34-18)19(30)28-13-7-11(20(22,23)24)6-12(8-13)21(25,26)27/h6-10,18H,4-5H2,1-3H3,(H,28,30). The summed E-state index contributed by atoms with van der Waals surface area (Å²) in [5, 5.41) is 1.54. The summed E-state index contributed by atoms with van der Waals surface area (Å²) in [7, 11) is 4.27. The molecule has 2 amide bonds. The van der Waals surface area contributed by atoms with Crippen LogP contribution in [0.2, 0.25) is 0 Å². The first kappa shape index (κ1) is 25.7. The average molecular weight is 510 g/mol. The van der Waals surface area contributed by atoms with Crippen LogP contribution in [0.5, 0.6) is 17.2 Å². The largest absolute Gasteiger partial charge is 0.496 e. The second-order valence-electron chi connectivity index (χ2n) is 7.09. The van der Waals surface area contributed by atoms with Crippen LogP contribution in [0, 0.1) is 0 Å². The van der Waals surface area contributed by atoms with Gasteiger partial charge in [-0.1, -0.05) is 0 Å². The highest BCUT2D eigenvalue weighted by Crippen LogP contribution is 2.46. The number of nitrogens with one attached hydrogen (secondary N) is 1. The number of nitrogens with zero attached hydrogens (tertiary/aromatic N) is 1. The average Bonchev–Trinajstić information content (AvgIpc) is 3.26. The normalized spacial score (nSPS) is 16.4. The molecule has 1 aliphatic heterocycles. The zero-order valence-corrected chi connectivity index (χ0v) is 19.0. The number of carbonyl (C=O) groups is 1. The van der Waals surface area contributed by atoms with Crippen LogP contribution in [0.3, 0.4) is 0 Å². The Morgan fingerprint density at radius 2 is 1.41 bits per heavy atom. The van der Waals surface area contributed by atoms with Crippen LogP contribution in [0.4, 0.5) is 36.8 Å². The van der Waals surface area contributed by atoms with Gasteiger partial charge in [0.1, 0.15) is 11.1 Å². The first-order chi connectivity index (χ1) is 15.9. The van der Waals surface area contributed by atoms with E-state index in [1.54, 1.807) is 12.1 Å². The van der Waals surface area contributed by atoms with Crippen molar-refractivity contribution in [1.29, 1.82) is 0 Å². The number of halogens is 6. The molecule has 0 radical (unpaired) electrons. The quantitative estimate of drug-likeness (QED) is 0.498. The van der Waals surface area contributed by atoms with Crippen molar-refractivity contribution in [3.05, 3.63) is 47.0 Å². The summed E-state index contributed by atoms with van der Waals surface area (Å²) in [6.45, 7) is 0.198. The third kappa shape index (κ3) is 5.40. The van der Waals surface area contributed by atoms with Gasteiger partial charge in [-0.25, -0.2) is 4.79 Å². The van der Waals surface area contributed by atoms with E-state index in [-0.39, 0.29) is 12.6 Å². The maximum absolute atomic E-state index is 13.1. The molecule has 3 rings (SSSR count). The summed E-state index contributed by atoms with van der Waals surface area (Å²) in [5.74, 6) is 1.59. The van der Waals surface area contributed by atoms with E-state index in [1.807, 2.05) is 0 Å². The highest BCUT2D eigenvalue weighted by atomic mass is 32.2. The van der Waals surface area contributed by atoms with Gasteiger partial charge in [-0.2, -0.15) is 26.3 Å². The van der Waals surface area contributed by atoms with Crippen molar-refractivity contribution in [3.63, 3.8) is 0 Å². The Morgan fingerprint density at radius 3 is 1.91 bits per heavy atom. The number of urea groups is 1. The Bertz CT molecular complexity index is 1030. The summed E-state index contributed by atoms with van der Waals surface area (Å²) in [4.78, 5) is 14.2. The first-order valence-electron chi connectivity index (χ1n) is 9.67. The number of methoxy groups -OCH3 is 3. The number of rotatable bonds is 5. The van der Waals surface area contributed by atoms with Crippen molar-refractivity contribution in [2.24, 2.45) is 0 Å². The summed E-state index contributed by atoms with van der Waals surface area (Å²) < 4.78 is 94.8. The topological polar surface area (TPSA) is 60.0 Å². The van der Waals surface area contributed by atoms with Crippen LogP contribution in [-0.4, -0.2) is 44.6 Å². The number of anilines is 1. The lowest BCUT2D eigenvalue weighted by Gasteiger charge is -2.26. The zero-order valence-electron chi connectivity index (χ0n) is 18.1. The Labute approximate surface area is 195 Å². The molecule has 0 spiro atoms. The molecule has 0 aromatic heterocycles. The molecule has 1 unspecified atom stereocenters.